The SMILES string of the molecule is CCCN(C)c1ncc(Br)cc1CNC. The first-order valence-corrected chi connectivity index (χ1v) is 5.98. The number of anilines is 1. The molecule has 1 heterocycles. The fourth-order valence-corrected chi connectivity index (χ4v) is 1.96. The molecule has 0 fully saturated rings. The third kappa shape index (κ3) is 3.47. The standard InChI is InChI=1S/C11H18BrN3/c1-4-5-15(3)11-9(7-13-2)6-10(12)8-14-11/h6,8,13H,4-5,7H2,1-3H3. The molecule has 1 aromatic rings. The summed E-state index contributed by atoms with van der Waals surface area (Å²) >= 11 is 3.45. The van der Waals surface area contributed by atoms with E-state index in [1.807, 2.05) is 13.2 Å². The Morgan fingerprint density at radius 2 is 2.27 bits per heavy atom. The highest BCUT2D eigenvalue weighted by Crippen LogP contribution is 2.20. The molecule has 1 N–H and O–H groups in total. The van der Waals surface area contributed by atoms with Crippen LogP contribution in [0.4, 0.5) is 5.82 Å². The van der Waals surface area contributed by atoms with Gasteiger partial charge in [0.25, 0.3) is 0 Å². The minimum absolute atomic E-state index is 0.843. The van der Waals surface area contributed by atoms with Gasteiger partial charge in [0.2, 0.25) is 0 Å². The van der Waals surface area contributed by atoms with Crippen molar-refractivity contribution in [2.45, 2.75) is 19.9 Å². The van der Waals surface area contributed by atoms with Crippen LogP contribution < -0.4 is 10.2 Å². The molecule has 0 aliphatic heterocycles. The number of nitrogens with zero attached hydrogens (tertiary/aromatic N) is 2. The van der Waals surface area contributed by atoms with E-state index in [0.717, 1.165) is 29.8 Å². The first kappa shape index (κ1) is 12.5. The molecule has 0 aromatic carbocycles. The minimum atomic E-state index is 0.843. The largest absolute Gasteiger partial charge is 0.359 e. The van der Waals surface area contributed by atoms with Crippen LogP contribution in [-0.2, 0) is 6.54 Å². The van der Waals surface area contributed by atoms with E-state index in [0.29, 0.717) is 0 Å². The van der Waals surface area contributed by atoms with Crippen molar-refractivity contribution in [2.24, 2.45) is 0 Å². The molecule has 4 heteroatoms. The molecule has 0 aliphatic carbocycles. The van der Waals surface area contributed by atoms with Crippen LogP contribution in [0.5, 0.6) is 0 Å². The predicted molar refractivity (Wildman–Crippen MR) is 68.3 cm³/mol. The fourth-order valence-electron chi connectivity index (χ4n) is 1.58. The highest BCUT2D eigenvalue weighted by Gasteiger charge is 2.08. The summed E-state index contributed by atoms with van der Waals surface area (Å²) in [7, 11) is 4.03. The van der Waals surface area contributed by atoms with Gasteiger partial charge >= 0.3 is 0 Å². The van der Waals surface area contributed by atoms with Gasteiger partial charge in [-0.1, -0.05) is 6.92 Å². The van der Waals surface area contributed by atoms with Gasteiger partial charge in [-0.3, -0.25) is 0 Å². The normalized spacial score (nSPS) is 10.4. The van der Waals surface area contributed by atoms with Gasteiger partial charge in [0.05, 0.1) is 0 Å². The summed E-state index contributed by atoms with van der Waals surface area (Å²) in [5, 5.41) is 3.16. The van der Waals surface area contributed by atoms with Crippen LogP contribution in [0.15, 0.2) is 16.7 Å². The molecule has 0 radical (unpaired) electrons. The maximum Gasteiger partial charge on any atom is 0.132 e. The molecule has 1 rings (SSSR count). The van der Waals surface area contributed by atoms with Crippen molar-refractivity contribution in [3.05, 3.63) is 22.3 Å². The van der Waals surface area contributed by atoms with Gasteiger partial charge in [-0.05, 0) is 35.5 Å². The maximum absolute atomic E-state index is 4.45. The zero-order chi connectivity index (χ0) is 11.3. The van der Waals surface area contributed by atoms with Gasteiger partial charge in [0, 0.05) is 36.4 Å². The Morgan fingerprint density at radius 1 is 1.53 bits per heavy atom. The molecular weight excluding hydrogens is 254 g/mol. The Morgan fingerprint density at radius 3 is 2.87 bits per heavy atom. The first-order valence-electron chi connectivity index (χ1n) is 5.19. The van der Waals surface area contributed by atoms with E-state index in [4.69, 9.17) is 0 Å². The summed E-state index contributed by atoms with van der Waals surface area (Å²) in [5.41, 5.74) is 1.22. The zero-order valence-electron chi connectivity index (χ0n) is 9.55. The number of pyridine rings is 1. The van der Waals surface area contributed by atoms with Crippen molar-refractivity contribution in [2.75, 3.05) is 25.5 Å². The molecular formula is C11H18BrN3. The van der Waals surface area contributed by atoms with E-state index < -0.39 is 0 Å². The number of halogens is 1. The van der Waals surface area contributed by atoms with E-state index in [2.05, 4.69) is 51.2 Å². The van der Waals surface area contributed by atoms with Crippen LogP contribution in [0.2, 0.25) is 0 Å². The van der Waals surface area contributed by atoms with E-state index >= 15 is 0 Å². The summed E-state index contributed by atoms with van der Waals surface area (Å²) in [5.74, 6) is 1.06. The second-order valence-corrected chi connectivity index (χ2v) is 4.50. The van der Waals surface area contributed by atoms with Crippen LogP contribution in [0.1, 0.15) is 18.9 Å². The highest BCUT2D eigenvalue weighted by molar-refractivity contribution is 9.10. The summed E-state index contributed by atoms with van der Waals surface area (Å²) in [6, 6.07) is 2.12. The first-order chi connectivity index (χ1) is 7.19. The zero-order valence-corrected chi connectivity index (χ0v) is 11.1. The molecule has 0 atom stereocenters. The molecule has 0 aliphatic rings. The third-order valence-corrected chi connectivity index (χ3v) is 2.63. The van der Waals surface area contributed by atoms with Crippen LogP contribution >= 0.6 is 15.9 Å². The molecule has 84 valence electrons. The Bertz CT molecular complexity index is 315. The monoisotopic (exact) mass is 271 g/mol. The molecule has 0 amide bonds. The van der Waals surface area contributed by atoms with Crippen LogP contribution in [0.25, 0.3) is 0 Å². The molecule has 15 heavy (non-hydrogen) atoms. The number of nitrogens with one attached hydrogen (secondary N) is 1. The third-order valence-electron chi connectivity index (χ3n) is 2.20. The highest BCUT2D eigenvalue weighted by atomic mass is 79.9. The number of hydrogen-bond donors (Lipinski definition) is 1. The van der Waals surface area contributed by atoms with Crippen molar-refractivity contribution in [1.29, 1.82) is 0 Å². The lowest BCUT2D eigenvalue weighted by atomic mass is 10.2. The van der Waals surface area contributed by atoms with E-state index in [9.17, 15) is 0 Å². The lowest BCUT2D eigenvalue weighted by molar-refractivity contribution is 0.784. The molecule has 0 saturated carbocycles. The second-order valence-electron chi connectivity index (χ2n) is 3.59. The van der Waals surface area contributed by atoms with Crippen LogP contribution in [0, 0.1) is 0 Å². The Labute approximate surface area is 100 Å². The molecule has 0 bridgehead atoms. The van der Waals surface area contributed by atoms with Crippen molar-refractivity contribution in [1.82, 2.24) is 10.3 Å². The van der Waals surface area contributed by atoms with Gasteiger partial charge in [-0.25, -0.2) is 4.98 Å². The molecule has 0 saturated heterocycles. The number of aromatic nitrogens is 1. The quantitative estimate of drug-likeness (QED) is 0.892. The minimum Gasteiger partial charge on any atom is -0.359 e. The number of hydrogen-bond acceptors (Lipinski definition) is 3. The lowest BCUT2D eigenvalue weighted by Crippen LogP contribution is -2.22. The van der Waals surface area contributed by atoms with E-state index in [1.54, 1.807) is 0 Å². The van der Waals surface area contributed by atoms with Gasteiger partial charge in [-0.2, -0.15) is 0 Å². The molecule has 1 aromatic heterocycles. The molecule has 3 nitrogen and oxygen atoms in total. The Balaban J connectivity index is 2.93. The van der Waals surface area contributed by atoms with Crippen molar-refractivity contribution in [3.63, 3.8) is 0 Å². The number of rotatable bonds is 5. The molecule has 0 spiro atoms. The average molecular weight is 272 g/mol. The lowest BCUT2D eigenvalue weighted by Gasteiger charge is -2.20. The predicted octanol–water partition coefficient (Wildman–Crippen LogP) is 2.41. The van der Waals surface area contributed by atoms with Gasteiger partial charge in [0.15, 0.2) is 0 Å². The summed E-state index contributed by atoms with van der Waals surface area (Å²) < 4.78 is 1.03. The second kappa shape index (κ2) is 6.08. The van der Waals surface area contributed by atoms with Crippen molar-refractivity contribution in [3.8, 4) is 0 Å². The topological polar surface area (TPSA) is 28.2 Å². The fraction of sp³-hybridized carbons (Fsp3) is 0.545. The van der Waals surface area contributed by atoms with Crippen molar-refractivity contribution >= 4 is 21.7 Å². The summed E-state index contributed by atoms with van der Waals surface area (Å²) in [6.45, 7) is 4.05. The summed E-state index contributed by atoms with van der Waals surface area (Å²) in [6.07, 6.45) is 2.98. The van der Waals surface area contributed by atoms with Crippen molar-refractivity contribution < 1.29 is 0 Å². The summed E-state index contributed by atoms with van der Waals surface area (Å²) in [4.78, 5) is 6.65. The smallest absolute Gasteiger partial charge is 0.132 e. The van der Waals surface area contributed by atoms with Gasteiger partial charge in [0.1, 0.15) is 5.82 Å². The Kier molecular flexibility index (Phi) is 5.05. The van der Waals surface area contributed by atoms with E-state index in [1.165, 1.54) is 5.56 Å². The van der Waals surface area contributed by atoms with E-state index in [-0.39, 0.29) is 0 Å². The average Bonchev–Trinajstić information content (AvgIpc) is 2.18. The Hall–Kier alpha value is -0.610. The van der Waals surface area contributed by atoms with Gasteiger partial charge in [-0.15, -0.1) is 0 Å². The van der Waals surface area contributed by atoms with Crippen LogP contribution in [-0.4, -0.2) is 25.6 Å². The maximum atomic E-state index is 4.45. The van der Waals surface area contributed by atoms with Crippen LogP contribution in [0.3, 0.4) is 0 Å². The van der Waals surface area contributed by atoms with Gasteiger partial charge < -0.3 is 10.2 Å². The molecule has 0 unspecified atom stereocenters.